The molecule has 0 radical (unpaired) electrons. The molecule has 0 bridgehead atoms. The molecule has 0 spiro atoms. The molecule has 92 valence electrons. The van der Waals surface area contributed by atoms with Gasteiger partial charge in [0, 0.05) is 11.1 Å². The van der Waals surface area contributed by atoms with Gasteiger partial charge >= 0.3 is 0 Å². The summed E-state index contributed by atoms with van der Waals surface area (Å²) >= 11 is 5.95. The monoisotopic (exact) mass is 249 g/mol. The predicted molar refractivity (Wildman–Crippen MR) is 72.6 cm³/mol. The molecule has 1 aromatic rings. The average molecular weight is 250 g/mol. The van der Waals surface area contributed by atoms with Gasteiger partial charge in [-0.3, -0.25) is 0 Å². The highest BCUT2D eigenvalue weighted by Crippen LogP contribution is 2.39. The molecule has 3 rings (SSSR count). The van der Waals surface area contributed by atoms with Crippen LogP contribution in [0, 0.1) is 5.92 Å². The minimum atomic E-state index is 0.749. The number of rotatable bonds is 4. The largest absolute Gasteiger partial charge is 0.314 e. The third-order valence-corrected chi connectivity index (χ3v) is 4.46. The second kappa shape index (κ2) is 4.99. The fourth-order valence-corrected chi connectivity index (χ4v) is 3.16. The van der Waals surface area contributed by atoms with Crippen molar-refractivity contribution in [2.24, 2.45) is 5.92 Å². The predicted octanol–water partition coefficient (Wildman–Crippen LogP) is 3.98. The second-order valence-corrected chi connectivity index (χ2v) is 5.97. The van der Waals surface area contributed by atoms with E-state index >= 15 is 0 Å². The van der Waals surface area contributed by atoms with Crippen molar-refractivity contribution in [3.8, 4) is 0 Å². The van der Waals surface area contributed by atoms with E-state index in [1.54, 1.807) is 0 Å². The van der Waals surface area contributed by atoms with Gasteiger partial charge in [0.15, 0.2) is 0 Å². The van der Waals surface area contributed by atoms with Crippen LogP contribution in [-0.2, 0) is 0 Å². The maximum Gasteiger partial charge on any atom is 0.0406 e. The van der Waals surface area contributed by atoms with E-state index in [2.05, 4.69) is 17.4 Å². The summed E-state index contributed by atoms with van der Waals surface area (Å²) in [7, 11) is 0. The van der Waals surface area contributed by atoms with Crippen molar-refractivity contribution in [3.63, 3.8) is 0 Å². The first kappa shape index (κ1) is 11.6. The minimum absolute atomic E-state index is 0.749. The quantitative estimate of drug-likeness (QED) is 0.851. The highest BCUT2D eigenvalue weighted by molar-refractivity contribution is 6.30. The van der Waals surface area contributed by atoms with Crippen LogP contribution in [0.3, 0.4) is 0 Å². The van der Waals surface area contributed by atoms with Crippen molar-refractivity contribution in [3.05, 3.63) is 34.9 Å². The lowest BCUT2D eigenvalue weighted by molar-refractivity contribution is 0.443. The van der Waals surface area contributed by atoms with E-state index in [-0.39, 0.29) is 0 Å². The van der Waals surface area contributed by atoms with Gasteiger partial charge in [-0.25, -0.2) is 0 Å². The Labute approximate surface area is 109 Å². The van der Waals surface area contributed by atoms with Gasteiger partial charge in [0.1, 0.15) is 0 Å². The van der Waals surface area contributed by atoms with Crippen LogP contribution in [0.15, 0.2) is 24.3 Å². The molecule has 1 nitrogen and oxygen atoms in total. The zero-order chi connectivity index (χ0) is 11.7. The molecule has 1 aromatic carbocycles. The standard InChI is InChI=1S/C15H20ClN/c16-13-6-4-11(5-7-13)15-3-1-2-12(15)10-17-14-8-9-14/h4-7,12,14-15,17H,1-3,8-10H2. The van der Waals surface area contributed by atoms with Crippen molar-refractivity contribution in [1.82, 2.24) is 5.32 Å². The number of halogens is 1. The van der Waals surface area contributed by atoms with Crippen molar-refractivity contribution in [1.29, 1.82) is 0 Å². The molecular formula is C15H20ClN. The van der Waals surface area contributed by atoms with Crippen LogP contribution in [-0.4, -0.2) is 12.6 Å². The van der Waals surface area contributed by atoms with Gasteiger partial charge in [-0.05, 0) is 61.8 Å². The molecule has 0 amide bonds. The summed E-state index contributed by atoms with van der Waals surface area (Å²) in [4.78, 5) is 0. The van der Waals surface area contributed by atoms with Gasteiger partial charge < -0.3 is 5.32 Å². The van der Waals surface area contributed by atoms with Crippen molar-refractivity contribution < 1.29 is 0 Å². The number of hydrogen-bond donors (Lipinski definition) is 1. The average Bonchev–Trinajstić information content (AvgIpc) is 3.06. The highest BCUT2D eigenvalue weighted by atomic mass is 35.5. The maximum atomic E-state index is 5.95. The number of hydrogen-bond acceptors (Lipinski definition) is 1. The fourth-order valence-electron chi connectivity index (χ4n) is 3.04. The van der Waals surface area contributed by atoms with Gasteiger partial charge in [0.2, 0.25) is 0 Å². The van der Waals surface area contributed by atoms with Gasteiger partial charge in [-0.15, -0.1) is 0 Å². The van der Waals surface area contributed by atoms with E-state index in [0.717, 1.165) is 22.9 Å². The summed E-state index contributed by atoms with van der Waals surface area (Å²) in [5.74, 6) is 1.58. The van der Waals surface area contributed by atoms with Crippen LogP contribution in [0.5, 0.6) is 0 Å². The summed E-state index contributed by atoms with van der Waals surface area (Å²) in [6, 6.07) is 9.31. The fraction of sp³-hybridized carbons (Fsp3) is 0.600. The molecule has 0 aromatic heterocycles. The topological polar surface area (TPSA) is 12.0 Å². The summed E-state index contributed by atoms with van der Waals surface area (Å²) in [5.41, 5.74) is 1.48. The SMILES string of the molecule is Clc1ccc(C2CCCC2CNC2CC2)cc1. The Bertz CT molecular complexity index is 369. The van der Waals surface area contributed by atoms with Crippen LogP contribution in [0.1, 0.15) is 43.6 Å². The molecule has 2 saturated carbocycles. The smallest absolute Gasteiger partial charge is 0.0406 e. The van der Waals surface area contributed by atoms with Crippen LogP contribution in [0.2, 0.25) is 5.02 Å². The Morgan fingerprint density at radius 3 is 2.53 bits per heavy atom. The number of nitrogens with one attached hydrogen (secondary N) is 1. The lowest BCUT2D eigenvalue weighted by atomic mass is 9.89. The third-order valence-electron chi connectivity index (χ3n) is 4.20. The normalized spacial score (nSPS) is 28.5. The van der Waals surface area contributed by atoms with E-state index in [9.17, 15) is 0 Å². The summed E-state index contributed by atoms with van der Waals surface area (Å²) in [6.45, 7) is 1.21. The van der Waals surface area contributed by atoms with Gasteiger partial charge in [-0.1, -0.05) is 30.2 Å². The molecule has 0 heterocycles. The Balaban J connectivity index is 1.65. The van der Waals surface area contributed by atoms with E-state index in [0.29, 0.717) is 0 Å². The van der Waals surface area contributed by atoms with Crippen LogP contribution < -0.4 is 5.32 Å². The Hall–Kier alpha value is -0.530. The van der Waals surface area contributed by atoms with E-state index in [1.807, 2.05) is 12.1 Å². The van der Waals surface area contributed by atoms with Crippen LogP contribution >= 0.6 is 11.6 Å². The molecule has 2 heteroatoms. The van der Waals surface area contributed by atoms with Gasteiger partial charge in [0.05, 0.1) is 0 Å². The van der Waals surface area contributed by atoms with E-state index < -0.39 is 0 Å². The molecule has 17 heavy (non-hydrogen) atoms. The van der Waals surface area contributed by atoms with Crippen molar-refractivity contribution in [2.45, 2.75) is 44.1 Å². The van der Waals surface area contributed by atoms with E-state index in [1.165, 1.54) is 44.2 Å². The number of benzene rings is 1. The molecule has 0 aliphatic heterocycles. The van der Waals surface area contributed by atoms with Crippen molar-refractivity contribution >= 4 is 11.6 Å². The summed E-state index contributed by atoms with van der Waals surface area (Å²) < 4.78 is 0. The molecule has 2 fully saturated rings. The van der Waals surface area contributed by atoms with Crippen LogP contribution in [0.4, 0.5) is 0 Å². The molecule has 2 unspecified atom stereocenters. The highest BCUT2D eigenvalue weighted by Gasteiger charge is 2.30. The zero-order valence-corrected chi connectivity index (χ0v) is 10.9. The summed E-state index contributed by atoms with van der Waals surface area (Å²) in [5, 5.41) is 4.53. The van der Waals surface area contributed by atoms with Crippen LogP contribution in [0.25, 0.3) is 0 Å². The van der Waals surface area contributed by atoms with Gasteiger partial charge in [-0.2, -0.15) is 0 Å². The zero-order valence-electron chi connectivity index (χ0n) is 10.2. The van der Waals surface area contributed by atoms with Gasteiger partial charge in [0.25, 0.3) is 0 Å². The Morgan fingerprint density at radius 1 is 1.06 bits per heavy atom. The minimum Gasteiger partial charge on any atom is -0.314 e. The molecule has 2 aliphatic rings. The molecule has 2 atom stereocenters. The lowest BCUT2D eigenvalue weighted by Gasteiger charge is -2.20. The Kier molecular flexibility index (Phi) is 3.39. The maximum absolute atomic E-state index is 5.95. The molecule has 1 N–H and O–H groups in total. The summed E-state index contributed by atoms with van der Waals surface area (Å²) in [6.07, 6.45) is 6.88. The van der Waals surface area contributed by atoms with E-state index in [4.69, 9.17) is 11.6 Å². The third kappa shape index (κ3) is 2.83. The Morgan fingerprint density at radius 2 is 1.82 bits per heavy atom. The lowest BCUT2D eigenvalue weighted by Crippen LogP contribution is -2.26. The first-order chi connectivity index (χ1) is 8.33. The molecule has 2 aliphatic carbocycles. The molecular weight excluding hydrogens is 230 g/mol. The first-order valence-corrected chi connectivity index (χ1v) is 7.19. The first-order valence-electron chi connectivity index (χ1n) is 6.82. The van der Waals surface area contributed by atoms with Crippen molar-refractivity contribution in [2.75, 3.05) is 6.54 Å². The second-order valence-electron chi connectivity index (χ2n) is 5.53. The molecule has 0 saturated heterocycles.